The van der Waals surface area contributed by atoms with Crippen molar-refractivity contribution in [3.05, 3.63) is 35.9 Å². The Bertz CT molecular complexity index is 752. The molecule has 1 unspecified atom stereocenters. The predicted molar refractivity (Wildman–Crippen MR) is 100 cm³/mol. The monoisotopic (exact) mass is 378 g/mol. The molecule has 6 nitrogen and oxygen atoms in total. The summed E-state index contributed by atoms with van der Waals surface area (Å²) in [6.07, 6.45) is 6.60. The van der Waals surface area contributed by atoms with Gasteiger partial charge in [-0.25, -0.2) is 8.42 Å². The lowest BCUT2D eigenvalue weighted by atomic mass is 10.0. The Morgan fingerprint density at radius 1 is 1.12 bits per heavy atom. The number of hydrogen-bond acceptors (Lipinski definition) is 4. The van der Waals surface area contributed by atoms with Crippen LogP contribution in [-0.4, -0.2) is 62.4 Å². The summed E-state index contributed by atoms with van der Waals surface area (Å²) in [7, 11) is -3.48. The molecule has 1 aromatic carbocycles. The maximum atomic E-state index is 12.6. The fourth-order valence-electron chi connectivity index (χ4n) is 3.38. The van der Waals surface area contributed by atoms with E-state index in [0.717, 1.165) is 24.9 Å². The molecule has 0 spiro atoms. The van der Waals surface area contributed by atoms with Gasteiger partial charge in [0.25, 0.3) is 0 Å². The molecular weight excluding hydrogens is 352 g/mol. The van der Waals surface area contributed by atoms with Crippen LogP contribution in [0.15, 0.2) is 35.2 Å². The molecule has 1 aromatic rings. The summed E-state index contributed by atoms with van der Waals surface area (Å²) in [6, 6.07) is 6.94. The number of carbonyl (C=O) groups excluding carboxylic acids is 1. The standard InChI is InChI=1S/C19H26N2O4S/c1-16-4-2-3-11-21(16)19(22)10-7-17-5-8-18(9-6-17)26(23,24)20-12-14-25-15-13-20/h5-10,16H,2-4,11-15H2,1H3/b10-7+. The fraction of sp³-hybridized carbons (Fsp3) is 0.526. The maximum Gasteiger partial charge on any atom is 0.246 e. The van der Waals surface area contributed by atoms with Gasteiger partial charge in [0.05, 0.1) is 18.1 Å². The lowest BCUT2D eigenvalue weighted by Crippen LogP contribution is -2.41. The van der Waals surface area contributed by atoms with Crippen LogP contribution in [0, 0.1) is 0 Å². The minimum atomic E-state index is -3.48. The lowest BCUT2D eigenvalue weighted by Gasteiger charge is -2.32. The molecule has 7 heteroatoms. The third-order valence-corrected chi connectivity index (χ3v) is 6.91. The quantitative estimate of drug-likeness (QED) is 0.753. The van der Waals surface area contributed by atoms with E-state index in [1.807, 2.05) is 4.90 Å². The van der Waals surface area contributed by atoms with Crippen molar-refractivity contribution in [2.24, 2.45) is 0 Å². The molecule has 1 amide bonds. The number of ether oxygens (including phenoxy) is 1. The fourth-order valence-corrected chi connectivity index (χ4v) is 4.78. The number of morpholine rings is 1. The van der Waals surface area contributed by atoms with E-state index in [1.54, 1.807) is 36.4 Å². The van der Waals surface area contributed by atoms with Crippen LogP contribution in [-0.2, 0) is 19.6 Å². The van der Waals surface area contributed by atoms with Gasteiger partial charge in [-0.2, -0.15) is 4.31 Å². The van der Waals surface area contributed by atoms with Crippen LogP contribution in [0.1, 0.15) is 31.7 Å². The Hall–Kier alpha value is -1.70. The van der Waals surface area contributed by atoms with E-state index >= 15 is 0 Å². The molecule has 142 valence electrons. The van der Waals surface area contributed by atoms with Crippen molar-refractivity contribution >= 4 is 22.0 Å². The Morgan fingerprint density at radius 2 is 1.81 bits per heavy atom. The highest BCUT2D eigenvalue weighted by molar-refractivity contribution is 7.89. The topological polar surface area (TPSA) is 66.9 Å². The molecule has 26 heavy (non-hydrogen) atoms. The first kappa shape index (κ1) is 19.1. The minimum absolute atomic E-state index is 0.0159. The number of amides is 1. The van der Waals surface area contributed by atoms with Crippen LogP contribution in [0.25, 0.3) is 6.08 Å². The number of piperidine rings is 1. The molecule has 1 atom stereocenters. The molecule has 2 aliphatic rings. The molecule has 0 saturated carbocycles. The van der Waals surface area contributed by atoms with E-state index in [0.29, 0.717) is 26.3 Å². The summed E-state index contributed by atoms with van der Waals surface area (Å²) in [4.78, 5) is 14.5. The van der Waals surface area contributed by atoms with Gasteiger partial charge in [-0.05, 0) is 50.0 Å². The summed E-state index contributed by atoms with van der Waals surface area (Å²) in [5, 5.41) is 0. The second-order valence-electron chi connectivity index (χ2n) is 6.80. The second-order valence-corrected chi connectivity index (χ2v) is 8.73. The molecule has 2 aliphatic heterocycles. The Balaban J connectivity index is 1.66. The molecule has 2 saturated heterocycles. The first-order valence-corrected chi connectivity index (χ1v) is 10.6. The highest BCUT2D eigenvalue weighted by atomic mass is 32.2. The van der Waals surface area contributed by atoms with Crippen LogP contribution < -0.4 is 0 Å². The van der Waals surface area contributed by atoms with Crippen molar-refractivity contribution in [2.75, 3.05) is 32.8 Å². The zero-order valence-corrected chi connectivity index (χ0v) is 16.0. The average Bonchev–Trinajstić information content (AvgIpc) is 2.67. The maximum absolute atomic E-state index is 12.6. The van der Waals surface area contributed by atoms with Crippen LogP contribution in [0.3, 0.4) is 0 Å². The zero-order chi connectivity index (χ0) is 18.6. The van der Waals surface area contributed by atoms with E-state index in [4.69, 9.17) is 4.74 Å². The smallest absolute Gasteiger partial charge is 0.246 e. The van der Waals surface area contributed by atoms with E-state index in [1.165, 1.54) is 10.7 Å². The summed E-state index contributed by atoms with van der Waals surface area (Å²) in [5.41, 5.74) is 0.809. The molecule has 0 radical (unpaired) electrons. The first-order valence-electron chi connectivity index (χ1n) is 9.15. The highest BCUT2D eigenvalue weighted by Gasteiger charge is 2.26. The van der Waals surface area contributed by atoms with Crippen molar-refractivity contribution in [3.63, 3.8) is 0 Å². The molecule has 3 rings (SSSR count). The molecule has 0 aliphatic carbocycles. The SMILES string of the molecule is CC1CCCCN1C(=O)/C=C/c1ccc(S(=O)(=O)N2CCOCC2)cc1. The van der Waals surface area contributed by atoms with E-state index in [-0.39, 0.29) is 16.8 Å². The Kier molecular flexibility index (Phi) is 6.11. The lowest BCUT2D eigenvalue weighted by molar-refractivity contribution is -0.129. The number of carbonyl (C=O) groups is 1. The summed E-state index contributed by atoms with van der Waals surface area (Å²) in [5.74, 6) is 0.0159. The summed E-state index contributed by atoms with van der Waals surface area (Å²) < 4.78 is 31.9. The third-order valence-electron chi connectivity index (χ3n) is 4.99. The number of benzene rings is 1. The van der Waals surface area contributed by atoms with Gasteiger partial charge in [-0.3, -0.25) is 4.79 Å². The summed E-state index contributed by atoms with van der Waals surface area (Å²) in [6.45, 7) is 4.50. The number of nitrogens with zero attached hydrogens (tertiary/aromatic N) is 2. The van der Waals surface area contributed by atoms with Gasteiger partial charge in [0.1, 0.15) is 0 Å². The Labute approximate surface area is 155 Å². The average molecular weight is 378 g/mol. The van der Waals surface area contributed by atoms with E-state index < -0.39 is 10.0 Å². The summed E-state index contributed by atoms with van der Waals surface area (Å²) >= 11 is 0. The van der Waals surface area contributed by atoms with Crippen molar-refractivity contribution in [1.82, 2.24) is 9.21 Å². The molecule has 0 aromatic heterocycles. The van der Waals surface area contributed by atoms with Gasteiger partial charge in [-0.15, -0.1) is 0 Å². The molecule has 0 N–H and O–H groups in total. The molecule has 0 bridgehead atoms. The first-order chi connectivity index (χ1) is 12.5. The molecular formula is C19H26N2O4S. The number of sulfonamides is 1. The van der Waals surface area contributed by atoms with Crippen LogP contribution in [0.4, 0.5) is 0 Å². The van der Waals surface area contributed by atoms with Crippen LogP contribution >= 0.6 is 0 Å². The van der Waals surface area contributed by atoms with Crippen molar-refractivity contribution in [1.29, 1.82) is 0 Å². The van der Waals surface area contributed by atoms with Gasteiger partial charge in [0, 0.05) is 31.8 Å². The minimum Gasteiger partial charge on any atom is -0.379 e. The van der Waals surface area contributed by atoms with E-state index in [2.05, 4.69) is 6.92 Å². The largest absolute Gasteiger partial charge is 0.379 e. The van der Waals surface area contributed by atoms with Gasteiger partial charge in [-0.1, -0.05) is 12.1 Å². The molecule has 2 heterocycles. The number of rotatable bonds is 4. The van der Waals surface area contributed by atoms with Crippen LogP contribution in [0.5, 0.6) is 0 Å². The Morgan fingerprint density at radius 3 is 2.46 bits per heavy atom. The number of likely N-dealkylation sites (tertiary alicyclic amines) is 1. The highest BCUT2D eigenvalue weighted by Crippen LogP contribution is 2.19. The number of hydrogen-bond donors (Lipinski definition) is 0. The van der Waals surface area contributed by atoms with Gasteiger partial charge < -0.3 is 9.64 Å². The second kappa shape index (κ2) is 8.33. The van der Waals surface area contributed by atoms with Gasteiger partial charge in [0.15, 0.2) is 0 Å². The van der Waals surface area contributed by atoms with Crippen LogP contribution in [0.2, 0.25) is 0 Å². The predicted octanol–water partition coefficient (Wildman–Crippen LogP) is 2.12. The normalized spacial score (nSPS) is 22.7. The van der Waals surface area contributed by atoms with Crippen molar-refractivity contribution in [2.45, 2.75) is 37.1 Å². The molecule has 2 fully saturated rings. The van der Waals surface area contributed by atoms with Gasteiger partial charge in [0.2, 0.25) is 15.9 Å². The van der Waals surface area contributed by atoms with Crippen molar-refractivity contribution in [3.8, 4) is 0 Å². The third kappa shape index (κ3) is 4.34. The zero-order valence-electron chi connectivity index (χ0n) is 15.1. The van der Waals surface area contributed by atoms with Crippen molar-refractivity contribution < 1.29 is 17.9 Å². The van der Waals surface area contributed by atoms with Gasteiger partial charge >= 0.3 is 0 Å². The van der Waals surface area contributed by atoms with E-state index in [9.17, 15) is 13.2 Å².